The van der Waals surface area contributed by atoms with Crippen LogP contribution in [0, 0.1) is 17.2 Å². The summed E-state index contributed by atoms with van der Waals surface area (Å²) < 4.78 is 14.2. The smallest absolute Gasteiger partial charge is 0.145 e. The maximum Gasteiger partial charge on any atom is 0.145 e. The second-order valence-corrected chi connectivity index (χ2v) is 7.50. The molecule has 104 valence electrons. The van der Waals surface area contributed by atoms with E-state index in [2.05, 4.69) is 26.1 Å². The Bertz CT molecular complexity index is 503. The zero-order valence-electron chi connectivity index (χ0n) is 11.8. The molecule has 3 heteroatoms. The van der Waals surface area contributed by atoms with E-state index in [0.29, 0.717) is 11.3 Å². The van der Waals surface area contributed by atoms with Gasteiger partial charge in [0.05, 0.1) is 5.02 Å². The zero-order chi connectivity index (χ0) is 13.8. The SMILES string of the molecule is CC1C(c2cccc(Cl)c2F)CNC12CC(C)(C)C2. The van der Waals surface area contributed by atoms with Crippen LogP contribution in [0.4, 0.5) is 4.39 Å². The number of halogens is 2. The lowest BCUT2D eigenvalue weighted by Crippen LogP contribution is -2.58. The highest BCUT2D eigenvalue weighted by Gasteiger charge is 2.57. The summed E-state index contributed by atoms with van der Waals surface area (Å²) in [7, 11) is 0. The zero-order valence-corrected chi connectivity index (χ0v) is 12.5. The van der Waals surface area contributed by atoms with Gasteiger partial charge in [-0.1, -0.05) is 44.5 Å². The number of hydrogen-bond donors (Lipinski definition) is 1. The van der Waals surface area contributed by atoms with Crippen molar-refractivity contribution in [3.05, 3.63) is 34.6 Å². The summed E-state index contributed by atoms with van der Waals surface area (Å²) in [5.74, 6) is 0.446. The number of rotatable bonds is 1. The molecule has 0 amide bonds. The van der Waals surface area contributed by atoms with Crippen molar-refractivity contribution in [1.29, 1.82) is 0 Å². The summed E-state index contributed by atoms with van der Waals surface area (Å²) >= 11 is 5.91. The Morgan fingerprint density at radius 1 is 1.32 bits per heavy atom. The van der Waals surface area contributed by atoms with E-state index in [9.17, 15) is 4.39 Å². The van der Waals surface area contributed by atoms with Crippen LogP contribution in [0.3, 0.4) is 0 Å². The third-order valence-corrected chi connectivity index (χ3v) is 5.41. The van der Waals surface area contributed by atoms with Gasteiger partial charge in [0.15, 0.2) is 0 Å². The van der Waals surface area contributed by atoms with Crippen molar-refractivity contribution in [2.75, 3.05) is 6.54 Å². The normalized spacial score (nSPS) is 31.4. The maximum atomic E-state index is 14.2. The first kappa shape index (κ1) is 13.4. The molecular formula is C16H21ClFN. The van der Waals surface area contributed by atoms with Gasteiger partial charge in [-0.05, 0) is 35.8 Å². The maximum absolute atomic E-state index is 14.2. The molecular weight excluding hydrogens is 261 g/mol. The molecule has 1 aromatic carbocycles. The van der Waals surface area contributed by atoms with Crippen LogP contribution in [-0.4, -0.2) is 12.1 Å². The summed E-state index contributed by atoms with van der Waals surface area (Å²) in [5, 5.41) is 3.90. The van der Waals surface area contributed by atoms with E-state index in [0.717, 1.165) is 12.1 Å². The first-order chi connectivity index (χ1) is 8.85. The molecule has 1 aromatic rings. The first-order valence-electron chi connectivity index (χ1n) is 7.04. The molecule has 1 aliphatic carbocycles. The molecule has 2 aliphatic rings. The predicted octanol–water partition coefficient (Wildman–Crippen LogP) is 4.36. The van der Waals surface area contributed by atoms with Crippen molar-refractivity contribution < 1.29 is 4.39 Å². The number of nitrogens with one attached hydrogen (secondary N) is 1. The average molecular weight is 282 g/mol. The Morgan fingerprint density at radius 3 is 2.63 bits per heavy atom. The van der Waals surface area contributed by atoms with Crippen LogP contribution < -0.4 is 5.32 Å². The fraction of sp³-hybridized carbons (Fsp3) is 0.625. The quantitative estimate of drug-likeness (QED) is 0.806. The fourth-order valence-corrected chi connectivity index (χ4v) is 4.51. The molecule has 1 nitrogen and oxygen atoms in total. The Labute approximate surface area is 119 Å². The Morgan fingerprint density at radius 2 is 2.00 bits per heavy atom. The van der Waals surface area contributed by atoms with Crippen LogP contribution in [0.1, 0.15) is 45.1 Å². The molecule has 2 unspecified atom stereocenters. The van der Waals surface area contributed by atoms with Crippen molar-refractivity contribution in [2.24, 2.45) is 11.3 Å². The van der Waals surface area contributed by atoms with Gasteiger partial charge in [-0.25, -0.2) is 4.39 Å². The van der Waals surface area contributed by atoms with Gasteiger partial charge >= 0.3 is 0 Å². The van der Waals surface area contributed by atoms with Crippen molar-refractivity contribution in [1.82, 2.24) is 5.32 Å². The fourth-order valence-electron chi connectivity index (χ4n) is 4.33. The van der Waals surface area contributed by atoms with Crippen molar-refractivity contribution in [3.8, 4) is 0 Å². The van der Waals surface area contributed by atoms with Gasteiger partial charge < -0.3 is 5.32 Å². The van der Waals surface area contributed by atoms with E-state index >= 15 is 0 Å². The van der Waals surface area contributed by atoms with Crippen molar-refractivity contribution in [3.63, 3.8) is 0 Å². The molecule has 1 spiro atoms. The van der Waals surface area contributed by atoms with E-state index in [-0.39, 0.29) is 22.3 Å². The molecule has 19 heavy (non-hydrogen) atoms. The summed E-state index contributed by atoms with van der Waals surface area (Å²) in [6.45, 7) is 7.72. The monoisotopic (exact) mass is 281 g/mol. The van der Waals surface area contributed by atoms with Crippen molar-refractivity contribution >= 4 is 11.6 Å². The minimum atomic E-state index is -0.238. The first-order valence-corrected chi connectivity index (χ1v) is 7.41. The van der Waals surface area contributed by atoms with Crippen LogP contribution in [0.25, 0.3) is 0 Å². The van der Waals surface area contributed by atoms with Gasteiger partial charge in [0, 0.05) is 18.0 Å². The third-order valence-electron chi connectivity index (χ3n) is 5.12. The number of benzene rings is 1. The van der Waals surface area contributed by atoms with Crippen LogP contribution in [-0.2, 0) is 0 Å². The largest absolute Gasteiger partial charge is 0.310 e. The summed E-state index contributed by atoms with van der Waals surface area (Å²) in [4.78, 5) is 0. The standard InChI is InChI=1S/C16H21ClFN/c1-10-12(11-5-4-6-13(17)14(11)18)7-19-16(10)8-15(2,3)9-16/h4-6,10,12,19H,7-9H2,1-3H3. The van der Waals surface area contributed by atoms with E-state index in [1.54, 1.807) is 6.07 Å². The van der Waals surface area contributed by atoms with Crippen LogP contribution in [0.5, 0.6) is 0 Å². The summed E-state index contributed by atoms with van der Waals surface area (Å²) in [5.41, 5.74) is 1.40. The van der Waals surface area contributed by atoms with Crippen molar-refractivity contribution in [2.45, 2.75) is 45.1 Å². The summed E-state index contributed by atoms with van der Waals surface area (Å²) in [6.07, 6.45) is 2.36. The summed E-state index contributed by atoms with van der Waals surface area (Å²) in [6, 6.07) is 5.35. The highest BCUT2D eigenvalue weighted by atomic mass is 35.5. The Hall–Kier alpha value is -0.600. The molecule has 2 fully saturated rings. The van der Waals surface area contributed by atoms with E-state index in [4.69, 9.17) is 11.6 Å². The highest BCUT2D eigenvalue weighted by Crippen LogP contribution is 2.57. The molecule has 2 atom stereocenters. The minimum Gasteiger partial charge on any atom is -0.310 e. The minimum absolute atomic E-state index is 0.211. The van der Waals surface area contributed by atoms with Crippen LogP contribution in [0.2, 0.25) is 5.02 Å². The molecule has 1 heterocycles. The lowest BCUT2D eigenvalue weighted by molar-refractivity contribution is 0.0155. The Balaban J connectivity index is 1.87. The molecule has 1 aliphatic heterocycles. The molecule has 3 rings (SSSR count). The molecule has 0 bridgehead atoms. The van der Waals surface area contributed by atoms with Gasteiger partial charge in [0.1, 0.15) is 5.82 Å². The van der Waals surface area contributed by atoms with Gasteiger partial charge in [0.2, 0.25) is 0 Å². The van der Waals surface area contributed by atoms with E-state index in [1.165, 1.54) is 12.8 Å². The van der Waals surface area contributed by atoms with Gasteiger partial charge in [0.25, 0.3) is 0 Å². The third kappa shape index (κ3) is 2.00. The van der Waals surface area contributed by atoms with Gasteiger partial charge in [-0.2, -0.15) is 0 Å². The van der Waals surface area contributed by atoms with Crippen LogP contribution >= 0.6 is 11.6 Å². The lowest BCUT2D eigenvalue weighted by Gasteiger charge is -2.54. The molecule has 1 saturated carbocycles. The number of hydrogen-bond acceptors (Lipinski definition) is 1. The van der Waals surface area contributed by atoms with E-state index in [1.807, 2.05) is 12.1 Å². The molecule has 1 N–H and O–H groups in total. The van der Waals surface area contributed by atoms with Gasteiger partial charge in [-0.3, -0.25) is 0 Å². The van der Waals surface area contributed by atoms with Crippen LogP contribution in [0.15, 0.2) is 18.2 Å². The molecule has 1 saturated heterocycles. The lowest BCUT2D eigenvalue weighted by atomic mass is 9.54. The topological polar surface area (TPSA) is 12.0 Å². The van der Waals surface area contributed by atoms with Gasteiger partial charge in [-0.15, -0.1) is 0 Å². The second kappa shape index (κ2) is 4.20. The second-order valence-electron chi connectivity index (χ2n) is 7.09. The van der Waals surface area contributed by atoms with E-state index < -0.39 is 0 Å². The predicted molar refractivity (Wildman–Crippen MR) is 77.1 cm³/mol. The Kier molecular flexibility index (Phi) is 2.96. The molecule has 0 radical (unpaired) electrons. The highest BCUT2D eigenvalue weighted by molar-refractivity contribution is 6.30. The molecule has 0 aromatic heterocycles. The average Bonchev–Trinajstić information content (AvgIpc) is 2.60.